The molecule has 10 heteroatoms. The lowest BCUT2D eigenvalue weighted by atomic mass is 9.48. The number of likely N-dealkylation sites (N-methyl/N-ethyl adjacent to an activating group) is 1. The molecule has 2 heterocycles. The van der Waals surface area contributed by atoms with Crippen molar-refractivity contribution >= 4 is 18.0 Å². The van der Waals surface area contributed by atoms with Gasteiger partial charge in [-0.25, -0.2) is 0 Å². The molecule has 222 valence electrons. The zero-order valence-electron chi connectivity index (χ0n) is 23.5. The standard InChI is InChI=1S/C32H33F3N2O5/c1-4-16-37-17-15-30-28-22-8-6-10-25(28)40-29(30)24(13-14-31(30,26(37)19-22)41-20(2)38)36(3)27(39)12-11-21-7-5-9-23(18-21)42-32(33,34)35/h4-12,18,24,26,29H,1,13-17,19H2,2-3H3/t24-,26+,29-,30-,31+/m0/s1. The van der Waals surface area contributed by atoms with Crippen molar-refractivity contribution in [3.8, 4) is 11.5 Å². The van der Waals surface area contributed by atoms with Crippen LogP contribution in [-0.4, -0.2) is 72.0 Å². The van der Waals surface area contributed by atoms with Crippen molar-refractivity contribution in [3.63, 3.8) is 0 Å². The van der Waals surface area contributed by atoms with Crippen LogP contribution < -0.4 is 9.47 Å². The Morgan fingerprint density at radius 1 is 1.21 bits per heavy atom. The molecule has 1 saturated carbocycles. The van der Waals surface area contributed by atoms with Crippen LogP contribution in [0, 0.1) is 0 Å². The number of likely N-dealkylation sites (tertiary alicyclic amines) is 1. The number of nitrogens with zero attached hydrogens (tertiary/aromatic N) is 2. The van der Waals surface area contributed by atoms with Crippen molar-refractivity contribution in [1.82, 2.24) is 9.80 Å². The Balaban J connectivity index is 1.33. The number of piperidine rings is 1. The number of alkyl halides is 3. The highest BCUT2D eigenvalue weighted by Gasteiger charge is 2.75. The van der Waals surface area contributed by atoms with E-state index in [4.69, 9.17) is 9.47 Å². The van der Waals surface area contributed by atoms with Gasteiger partial charge in [-0.15, -0.1) is 19.8 Å². The first-order chi connectivity index (χ1) is 20.0. The van der Waals surface area contributed by atoms with Crippen LogP contribution in [0.25, 0.3) is 6.08 Å². The lowest BCUT2D eigenvalue weighted by Crippen LogP contribution is -2.79. The minimum absolute atomic E-state index is 0.0619. The Bertz CT molecular complexity index is 1460. The third kappa shape index (κ3) is 4.38. The van der Waals surface area contributed by atoms with Crippen LogP contribution in [0.4, 0.5) is 13.2 Å². The highest BCUT2D eigenvalue weighted by atomic mass is 19.4. The SMILES string of the molecule is C=CCN1CC[C@]23c4c5cccc4O[C@H]2[C@@H](N(C)C(=O)C=Cc2cccc(OC(F)(F)F)c2)CC[C@@]3(OC(C)=O)[C@H]1C5. The second-order valence-corrected chi connectivity index (χ2v) is 11.5. The van der Waals surface area contributed by atoms with E-state index in [-0.39, 0.29) is 29.7 Å². The van der Waals surface area contributed by atoms with Crippen LogP contribution in [-0.2, 0) is 26.2 Å². The number of carbonyl (C=O) groups excluding carboxylic acids is 2. The van der Waals surface area contributed by atoms with Gasteiger partial charge in [-0.1, -0.05) is 30.3 Å². The number of halogens is 3. The van der Waals surface area contributed by atoms with Gasteiger partial charge in [-0.3, -0.25) is 14.5 Å². The molecule has 2 bridgehead atoms. The van der Waals surface area contributed by atoms with Crippen molar-refractivity contribution in [2.45, 2.75) is 68.2 Å². The Hall–Kier alpha value is -3.79. The number of benzene rings is 2. The summed E-state index contributed by atoms with van der Waals surface area (Å²) in [6.07, 6.45) is 1.97. The number of esters is 1. The number of rotatable bonds is 7. The van der Waals surface area contributed by atoms with E-state index < -0.39 is 23.5 Å². The highest BCUT2D eigenvalue weighted by molar-refractivity contribution is 5.92. The molecule has 2 fully saturated rings. The van der Waals surface area contributed by atoms with Crippen molar-refractivity contribution in [3.05, 3.63) is 77.9 Å². The van der Waals surface area contributed by atoms with Crippen LogP contribution in [0.1, 0.15) is 42.9 Å². The predicted molar refractivity (Wildman–Crippen MR) is 149 cm³/mol. The summed E-state index contributed by atoms with van der Waals surface area (Å²) >= 11 is 0. The van der Waals surface area contributed by atoms with E-state index in [1.54, 1.807) is 18.0 Å². The molecule has 1 saturated heterocycles. The summed E-state index contributed by atoms with van der Waals surface area (Å²) in [4.78, 5) is 30.2. The molecule has 1 spiro atoms. The minimum atomic E-state index is -4.81. The van der Waals surface area contributed by atoms with Gasteiger partial charge in [0.15, 0.2) is 0 Å². The molecule has 0 aromatic heterocycles. The zero-order chi connectivity index (χ0) is 29.9. The maximum Gasteiger partial charge on any atom is 0.573 e. The van der Waals surface area contributed by atoms with Gasteiger partial charge in [-0.05, 0) is 61.1 Å². The number of hydrogen-bond acceptors (Lipinski definition) is 6. The summed E-state index contributed by atoms with van der Waals surface area (Å²) < 4.78 is 55.1. The first-order valence-electron chi connectivity index (χ1n) is 14.1. The van der Waals surface area contributed by atoms with E-state index in [9.17, 15) is 22.8 Å². The molecule has 2 aromatic rings. The molecule has 2 aliphatic carbocycles. The molecule has 2 aliphatic heterocycles. The molecule has 0 N–H and O–H groups in total. The topological polar surface area (TPSA) is 68.3 Å². The van der Waals surface area contributed by atoms with Crippen LogP contribution >= 0.6 is 0 Å². The fraction of sp³-hybridized carbons (Fsp3) is 0.438. The van der Waals surface area contributed by atoms with E-state index in [1.165, 1.54) is 42.8 Å². The largest absolute Gasteiger partial charge is 0.573 e. The fourth-order valence-corrected chi connectivity index (χ4v) is 8.05. The van der Waals surface area contributed by atoms with Crippen molar-refractivity contribution < 1.29 is 37.0 Å². The molecule has 0 unspecified atom stereocenters. The predicted octanol–water partition coefficient (Wildman–Crippen LogP) is 5.04. The maximum absolute atomic E-state index is 13.5. The molecular weight excluding hydrogens is 549 g/mol. The van der Waals surface area contributed by atoms with Gasteiger partial charge in [-0.2, -0.15) is 0 Å². The number of ether oxygens (including phenoxy) is 3. The van der Waals surface area contributed by atoms with Crippen LogP contribution in [0.2, 0.25) is 0 Å². The molecule has 4 aliphatic rings. The maximum atomic E-state index is 13.5. The van der Waals surface area contributed by atoms with E-state index >= 15 is 0 Å². The number of amides is 1. The van der Waals surface area contributed by atoms with Gasteiger partial charge in [0.05, 0.1) is 17.5 Å². The third-order valence-corrected chi connectivity index (χ3v) is 9.44. The molecule has 7 nitrogen and oxygen atoms in total. The lowest BCUT2D eigenvalue weighted by molar-refractivity contribution is -0.274. The normalized spacial score (nSPS) is 29.4. The average Bonchev–Trinajstić information content (AvgIpc) is 3.26. The zero-order valence-corrected chi connectivity index (χ0v) is 23.5. The van der Waals surface area contributed by atoms with Crippen molar-refractivity contribution in [1.29, 1.82) is 0 Å². The van der Waals surface area contributed by atoms with Crippen molar-refractivity contribution in [2.24, 2.45) is 0 Å². The van der Waals surface area contributed by atoms with Crippen LogP contribution in [0.5, 0.6) is 11.5 Å². The minimum Gasteiger partial charge on any atom is -0.487 e. The smallest absolute Gasteiger partial charge is 0.487 e. The number of carbonyl (C=O) groups is 2. The van der Waals surface area contributed by atoms with Gasteiger partial charge in [0.2, 0.25) is 5.91 Å². The molecule has 5 atom stereocenters. The summed E-state index contributed by atoms with van der Waals surface area (Å²) in [6, 6.07) is 11.1. The third-order valence-electron chi connectivity index (χ3n) is 9.44. The van der Waals surface area contributed by atoms with Crippen LogP contribution in [0.3, 0.4) is 0 Å². The first kappa shape index (κ1) is 28.3. The fourth-order valence-electron chi connectivity index (χ4n) is 8.05. The summed E-state index contributed by atoms with van der Waals surface area (Å²) in [5, 5.41) is 0. The summed E-state index contributed by atoms with van der Waals surface area (Å²) in [5.74, 6) is -0.237. The quantitative estimate of drug-likeness (QED) is 0.259. The molecule has 42 heavy (non-hydrogen) atoms. The van der Waals surface area contributed by atoms with Gasteiger partial charge in [0.1, 0.15) is 23.2 Å². The molecular formula is C32H33F3N2O5. The van der Waals surface area contributed by atoms with Gasteiger partial charge < -0.3 is 19.1 Å². The van der Waals surface area contributed by atoms with Gasteiger partial charge >= 0.3 is 12.3 Å². The van der Waals surface area contributed by atoms with Crippen LogP contribution in [0.15, 0.2) is 61.2 Å². The monoisotopic (exact) mass is 582 g/mol. The average molecular weight is 583 g/mol. The van der Waals surface area contributed by atoms with E-state index in [1.807, 2.05) is 18.2 Å². The molecule has 6 rings (SSSR count). The summed E-state index contributed by atoms with van der Waals surface area (Å²) in [6.45, 7) is 6.84. The van der Waals surface area contributed by atoms with Crippen molar-refractivity contribution in [2.75, 3.05) is 20.1 Å². The Morgan fingerprint density at radius 2 is 2.00 bits per heavy atom. The van der Waals surface area contributed by atoms with E-state index in [0.717, 1.165) is 24.3 Å². The van der Waals surface area contributed by atoms with E-state index in [0.29, 0.717) is 31.4 Å². The van der Waals surface area contributed by atoms with E-state index in [2.05, 4.69) is 22.3 Å². The first-order valence-corrected chi connectivity index (χ1v) is 14.1. The second-order valence-electron chi connectivity index (χ2n) is 11.5. The molecule has 1 amide bonds. The summed E-state index contributed by atoms with van der Waals surface area (Å²) in [5.41, 5.74) is 1.21. The lowest BCUT2D eigenvalue weighted by Gasteiger charge is -2.65. The van der Waals surface area contributed by atoms with Gasteiger partial charge in [0, 0.05) is 38.7 Å². The van der Waals surface area contributed by atoms with Gasteiger partial charge in [0.25, 0.3) is 0 Å². The molecule has 0 radical (unpaired) electrons. The Labute approximate surface area is 242 Å². The summed E-state index contributed by atoms with van der Waals surface area (Å²) in [7, 11) is 1.72. The Morgan fingerprint density at radius 3 is 2.74 bits per heavy atom. The number of hydrogen-bond donors (Lipinski definition) is 0. The molecule has 2 aromatic carbocycles. The highest BCUT2D eigenvalue weighted by Crippen LogP contribution is 2.65. The second kappa shape index (κ2) is 10.2. The Kier molecular flexibility index (Phi) is 6.87.